The largest absolute Gasteiger partial charge is 0.480 e. The number of likely N-dealkylation sites (tertiary alicyclic amines) is 1. The molecule has 5 nitrogen and oxygen atoms in total. The molecular formula is C15H26N2O3. The molecule has 1 heterocycles. The molecule has 1 saturated carbocycles. The molecule has 0 radical (unpaired) electrons. The molecule has 1 aliphatic carbocycles. The predicted molar refractivity (Wildman–Crippen MR) is 76.4 cm³/mol. The first-order chi connectivity index (χ1) is 9.29. The van der Waals surface area contributed by atoms with Gasteiger partial charge in [-0.3, -0.25) is 4.79 Å². The van der Waals surface area contributed by atoms with Gasteiger partial charge in [0.05, 0.1) is 6.54 Å². The molecule has 0 aromatic rings. The molecule has 2 aliphatic rings. The summed E-state index contributed by atoms with van der Waals surface area (Å²) in [5.74, 6) is -0.548. The number of carboxylic acid groups (broad SMARTS) is 1. The van der Waals surface area contributed by atoms with E-state index < -0.39 is 12.0 Å². The van der Waals surface area contributed by atoms with Crippen LogP contribution in [0.25, 0.3) is 0 Å². The Morgan fingerprint density at radius 3 is 2.50 bits per heavy atom. The highest BCUT2D eigenvalue weighted by atomic mass is 16.4. The van der Waals surface area contributed by atoms with Crippen LogP contribution in [0.15, 0.2) is 0 Å². The topological polar surface area (TPSA) is 69.6 Å². The molecule has 0 bridgehead atoms. The predicted octanol–water partition coefficient (Wildman–Crippen LogP) is 1.62. The van der Waals surface area contributed by atoms with Crippen LogP contribution in [-0.2, 0) is 9.59 Å². The molecule has 1 aliphatic heterocycles. The van der Waals surface area contributed by atoms with Crippen LogP contribution >= 0.6 is 0 Å². The van der Waals surface area contributed by atoms with Crippen molar-refractivity contribution in [3.8, 4) is 0 Å². The molecule has 5 heteroatoms. The molecule has 3 unspecified atom stereocenters. The first-order valence-electron chi connectivity index (χ1n) is 7.58. The number of carboxylic acids is 1. The number of aliphatic carboxylic acids is 1. The lowest BCUT2D eigenvalue weighted by atomic mass is 9.85. The van der Waals surface area contributed by atoms with Crippen LogP contribution in [-0.4, -0.2) is 46.1 Å². The number of rotatable bonds is 3. The molecule has 20 heavy (non-hydrogen) atoms. The van der Waals surface area contributed by atoms with E-state index in [2.05, 4.69) is 5.32 Å². The summed E-state index contributed by atoms with van der Waals surface area (Å²) < 4.78 is 0. The van der Waals surface area contributed by atoms with Crippen molar-refractivity contribution in [2.24, 2.45) is 5.92 Å². The summed E-state index contributed by atoms with van der Waals surface area (Å²) >= 11 is 0. The van der Waals surface area contributed by atoms with Crippen LogP contribution in [0.3, 0.4) is 0 Å². The van der Waals surface area contributed by atoms with Crippen molar-refractivity contribution in [2.45, 2.75) is 70.5 Å². The monoisotopic (exact) mass is 282 g/mol. The number of hydrogen-bond donors (Lipinski definition) is 2. The second kappa shape index (κ2) is 5.72. The van der Waals surface area contributed by atoms with Crippen molar-refractivity contribution in [3.05, 3.63) is 0 Å². The molecule has 0 aromatic heterocycles. The van der Waals surface area contributed by atoms with Crippen LogP contribution in [0.4, 0.5) is 0 Å². The van der Waals surface area contributed by atoms with Crippen molar-refractivity contribution in [1.29, 1.82) is 0 Å². The number of carbonyl (C=O) groups is 2. The normalized spacial score (nSPS) is 30.1. The van der Waals surface area contributed by atoms with Crippen molar-refractivity contribution in [2.75, 3.05) is 6.54 Å². The number of nitrogens with zero attached hydrogens (tertiary/aromatic N) is 1. The molecule has 0 spiro atoms. The van der Waals surface area contributed by atoms with E-state index in [9.17, 15) is 14.7 Å². The van der Waals surface area contributed by atoms with Gasteiger partial charge in [-0.15, -0.1) is 0 Å². The summed E-state index contributed by atoms with van der Waals surface area (Å²) in [4.78, 5) is 25.6. The minimum Gasteiger partial charge on any atom is -0.480 e. The zero-order chi connectivity index (χ0) is 14.9. The van der Waals surface area contributed by atoms with E-state index in [1.54, 1.807) is 4.90 Å². The van der Waals surface area contributed by atoms with E-state index in [1.165, 1.54) is 0 Å². The number of carbonyl (C=O) groups excluding carboxylic acids is 1. The van der Waals surface area contributed by atoms with Gasteiger partial charge in [-0.25, -0.2) is 4.79 Å². The van der Waals surface area contributed by atoms with Gasteiger partial charge in [-0.2, -0.15) is 0 Å². The fourth-order valence-electron chi connectivity index (χ4n) is 3.47. The quantitative estimate of drug-likeness (QED) is 0.825. The minimum absolute atomic E-state index is 0.0678. The lowest BCUT2D eigenvalue weighted by Gasteiger charge is -2.34. The van der Waals surface area contributed by atoms with E-state index in [-0.39, 0.29) is 24.0 Å². The Morgan fingerprint density at radius 1 is 1.25 bits per heavy atom. The fourth-order valence-corrected chi connectivity index (χ4v) is 3.47. The van der Waals surface area contributed by atoms with Crippen molar-refractivity contribution < 1.29 is 14.7 Å². The highest BCUT2D eigenvalue weighted by molar-refractivity contribution is 5.86. The van der Waals surface area contributed by atoms with Gasteiger partial charge in [0.15, 0.2) is 0 Å². The smallest absolute Gasteiger partial charge is 0.326 e. The van der Waals surface area contributed by atoms with Gasteiger partial charge in [-0.05, 0) is 46.0 Å². The second-order valence-corrected chi connectivity index (χ2v) is 7.11. The van der Waals surface area contributed by atoms with Crippen LogP contribution in [0.5, 0.6) is 0 Å². The minimum atomic E-state index is -0.858. The Labute approximate surface area is 120 Å². The molecule has 1 saturated heterocycles. The molecular weight excluding hydrogens is 256 g/mol. The maximum Gasteiger partial charge on any atom is 0.326 e. The Hall–Kier alpha value is -1.10. The number of nitrogens with one attached hydrogen (secondary N) is 1. The van der Waals surface area contributed by atoms with Crippen molar-refractivity contribution >= 4 is 11.9 Å². The average Bonchev–Trinajstić information content (AvgIpc) is 2.74. The maximum absolute atomic E-state index is 12.5. The van der Waals surface area contributed by atoms with E-state index in [4.69, 9.17) is 0 Å². The number of hydrogen-bond acceptors (Lipinski definition) is 3. The Balaban J connectivity index is 2.08. The van der Waals surface area contributed by atoms with Crippen LogP contribution in [0.1, 0.15) is 52.9 Å². The van der Waals surface area contributed by atoms with Gasteiger partial charge in [-0.1, -0.05) is 12.8 Å². The lowest BCUT2D eigenvalue weighted by molar-refractivity contribution is -0.149. The summed E-state index contributed by atoms with van der Waals surface area (Å²) in [6.07, 6.45) is 4.90. The van der Waals surface area contributed by atoms with Crippen molar-refractivity contribution in [1.82, 2.24) is 10.2 Å². The maximum atomic E-state index is 12.5. The zero-order valence-electron chi connectivity index (χ0n) is 12.7. The van der Waals surface area contributed by atoms with Gasteiger partial charge in [0.25, 0.3) is 0 Å². The molecule has 2 fully saturated rings. The zero-order valence-corrected chi connectivity index (χ0v) is 12.7. The standard InChI is InChI=1S/C15H26N2O3/c1-15(2,3)16-9-13(18)17-11-7-5-4-6-10(11)8-12(17)14(19)20/h10-12,16H,4-9H2,1-3H3,(H,19,20). The van der Waals surface area contributed by atoms with Gasteiger partial charge < -0.3 is 15.3 Å². The Morgan fingerprint density at radius 2 is 1.90 bits per heavy atom. The van der Waals surface area contributed by atoms with Gasteiger partial charge in [0, 0.05) is 11.6 Å². The van der Waals surface area contributed by atoms with E-state index in [1.807, 2.05) is 20.8 Å². The fraction of sp³-hybridized carbons (Fsp3) is 0.867. The Bertz CT molecular complexity index is 389. The third-order valence-corrected chi connectivity index (χ3v) is 4.43. The van der Waals surface area contributed by atoms with Crippen molar-refractivity contribution in [3.63, 3.8) is 0 Å². The summed E-state index contributed by atoms with van der Waals surface area (Å²) in [6, 6.07) is -0.489. The van der Waals surface area contributed by atoms with Crippen LogP contribution < -0.4 is 5.32 Å². The SMILES string of the molecule is CC(C)(C)NCC(=O)N1C(C(=O)O)CC2CCCCC21. The molecule has 0 aromatic carbocycles. The third kappa shape index (κ3) is 3.32. The number of fused-ring (bicyclic) bond motifs is 1. The lowest BCUT2D eigenvalue weighted by Crippen LogP contribution is -2.51. The van der Waals surface area contributed by atoms with E-state index >= 15 is 0 Å². The summed E-state index contributed by atoms with van der Waals surface area (Å²) in [5.41, 5.74) is -0.139. The third-order valence-electron chi connectivity index (χ3n) is 4.43. The highest BCUT2D eigenvalue weighted by Crippen LogP contribution is 2.39. The number of amides is 1. The van der Waals surface area contributed by atoms with Gasteiger partial charge >= 0.3 is 5.97 Å². The molecule has 3 atom stereocenters. The van der Waals surface area contributed by atoms with Gasteiger partial charge in [0.2, 0.25) is 5.91 Å². The average molecular weight is 282 g/mol. The first kappa shape index (κ1) is 15.3. The van der Waals surface area contributed by atoms with Gasteiger partial charge in [0.1, 0.15) is 6.04 Å². The first-order valence-corrected chi connectivity index (χ1v) is 7.58. The summed E-state index contributed by atoms with van der Waals surface area (Å²) in [5, 5.41) is 12.6. The van der Waals surface area contributed by atoms with Crippen LogP contribution in [0, 0.1) is 5.92 Å². The molecule has 1 amide bonds. The highest BCUT2D eigenvalue weighted by Gasteiger charge is 2.47. The molecule has 2 N–H and O–H groups in total. The Kier molecular flexibility index (Phi) is 4.37. The van der Waals surface area contributed by atoms with E-state index in [0.717, 1.165) is 25.7 Å². The van der Waals surface area contributed by atoms with E-state index in [0.29, 0.717) is 12.3 Å². The summed E-state index contributed by atoms with van der Waals surface area (Å²) in [6.45, 7) is 6.23. The van der Waals surface area contributed by atoms with Crippen LogP contribution in [0.2, 0.25) is 0 Å². The molecule has 2 rings (SSSR count). The molecule has 114 valence electrons. The second-order valence-electron chi connectivity index (χ2n) is 7.11. The summed E-state index contributed by atoms with van der Waals surface area (Å²) in [7, 11) is 0.